The van der Waals surface area contributed by atoms with Crippen molar-refractivity contribution in [1.29, 1.82) is 0 Å². The van der Waals surface area contributed by atoms with Crippen LogP contribution in [0.3, 0.4) is 0 Å². The van der Waals surface area contributed by atoms with Crippen LogP contribution in [0.5, 0.6) is 5.75 Å². The van der Waals surface area contributed by atoms with E-state index in [1.54, 1.807) is 37.3 Å². The highest BCUT2D eigenvalue weighted by atomic mass is 35.5. The molecule has 0 amide bonds. The lowest BCUT2D eigenvalue weighted by molar-refractivity contribution is -0.131. The van der Waals surface area contributed by atoms with E-state index in [0.29, 0.717) is 22.2 Å². The second kappa shape index (κ2) is 8.90. The third-order valence-corrected chi connectivity index (χ3v) is 4.57. The van der Waals surface area contributed by atoms with Gasteiger partial charge in [0.2, 0.25) is 5.89 Å². The molecule has 1 heterocycles. The fraction of sp³-hybridized carbons (Fsp3) is 0.105. The normalized spacial score (nSPS) is 11.5. The quantitative estimate of drug-likeness (QED) is 0.426. The first-order chi connectivity index (χ1) is 13.4. The van der Waals surface area contributed by atoms with Gasteiger partial charge < -0.3 is 14.3 Å². The highest BCUT2D eigenvalue weighted by Gasteiger charge is 2.16. The molecule has 0 unspecified atom stereocenters. The lowest BCUT2D eigenvalue weighted by Crippen LogP contribution is -2.00. The third-order valence-electron chi connectivity index (χ3n) is 3.48. The first-order valence-electron chi connectivity index (χ1n) is 8.00. The molecule has 6 nitrogen and oxygen atoms in total. The van der Waals surface area contributed by atoms with Crippen LogP contribution in [0.25, 0.3) is 6.08 Å². The average molecular weight is 421 g/mol. The van der Waals surface area contributed by atoms with E-state index in [1.165, 1.54) is 18.2 Å². The molecule has 1 aromatic heterocycles. The lowest BCUT2D eigenvalue weighted by Gasteiger charge is -2.10. The van der Waals surface area contributed by atoms with E-state index < -0.39 is 5.97 Å². The van der Waals surface area contributed by atoms with Gasteiger partial charge in [0.15, 0.2) is 0 Å². The number of rotatable bonds is 7. The van der Waals surface area contributed by atoms with Crippen molar-refractivity contribution in [3.8, 4) is 5.75 Å². The van der Waals surface area contributed by atoms with Crippen LogP contribution in [0.1, 0.15) is 17.0 Å². The maximum absolute atomic E-state index is 13.0. The van der Waals surface area contributed by atoms with Crippen LogP contribution in [0.4, 0.5) is 4.39 Å². The number of aliphatic carboxylic acids is 1. The number of ether oxygens (including phenoxy) is 1. The zero-order valence-electron chi connectivity index (χ0n) is 14.6. The second-order valence-corrected chi connectivity index (χ2v) is 7.03. The van der Waals surface area contributed by atoms with E-state index in [0.717, 1.165) is 17.3 Å². The summed E-state index contributed by atoms with van der Waals surface area (Å²) in [6.45, 7) is 1.79. The number of benzene rings is 2. The Labute approximate surface area is 169 Å². The molecule has 0 spiro atoms. The Morgan fingerprint density at radius 1 is 1.29 bits per heavy atom. The van der Waals surface area contributed by atoms with Gasteiger partial charge in [-0.05, 0) is 53.7 Å². The third kappa shape index (κ3) is 5.34. The Morgan fingerprint density at radius 2 is 2.04 bits per heavy atom. The predicted octanol–water partition coefficient (Wildman–Crippen LogP) is 4.97. The van der Waals surface area contributed by atoms with Crippen LogP contribution in [-0.4, -0.2) is 21.3 Å². The first-order valence-corrected chi connectivity index (χ1v) is 9.20. The number of carboxylic acids is 1. The highest BCUT2D eigenvalue weighted by molar-refractivity contribution is 8.03. The molecule has 3 aromatic rings. The molecular formula is C19H14ClFN2O4S. The van der Waals surface area contributed by atoms with E-state index >= 15 is 0 Å². The Kier molecular flexibility index (Phi) is 6.33. The van der Waals surface area contributed by atoms with Crippen LogP contribution >= 0.6 is 23.4 Å². The van der Waals surface area contributed by atoms with Crippen LogP contribution in [-0.2, 0) is 11.4 Å². The number of halogens is 2. The molecule has 0 saturated carbocycles. The number of hydrogen-bond donors (Lipinski definition) is 1. The molecule has 0 aliphatic heterocycles. The molecule has 1 N–H and O–H groups in total. The number of aryl methyl sites for hydroxylation is 1. The second-order valence-electron chi connectivity index (χ2n) is 5.60. The molecule has 0 bridgehead atoms. The maximum Gasteiger partial charge on any atom is 0.342 e. The van der Waals surface area contributed by atoms with Gasteiger partial charge in [0.25, 0.3) is 5.22 Å². The molecule has 0 aliphatic carbocycles. The van der Waals surface area contributed by atoms with E-state index in [2.05, 4.69) is 10.2 Å². The number of nitrogens with zero attached hydrogens (tertiary/aromatic N) is 2. The average Bonchev–Trinajstić information content (AvgIpc) is 3.06. The molecule has 9 heteroatoms. The first kappa shape index (κ1) is 19.9. The summed E-state index contributed by atoms with van der Waals surface area (Å²) in [6.07, 6.45) is 1.42. The van der Waals surface area contributed by atoms with Crippen molar-refractivity contribution < 1.29 is 23.4 Å². The monoisotopic (exact) mass is 420 g/mol. The fourth-order valence-corrected chi connectivity index (χ4v) is 3.08. The highest BCUT2D eigenvalue weighted by Crippen LogP contribution is 2.32. The summed E-state index contributed by atoms with van der Waals surface area (Å²) in [5.41, 5.74) is 1.23. The summed E-state index contributed by atoms with van der Waals surface area (Å²) in [6, 6.07) is 10.8. The minimum absolute atomic E-state index is 0.0439. The number of hydrogen-bond acceptors (Lipinski definition) is 6. The van der Waals surface area contributed by atoms with Gasteiger partial charge in [-0.1, -0.05) is 23.7 Å². The minimum Gasteiger partial charge on any atom is -0.488 e. The predicted molar refractivity (Wildman–Crippen MR) is 103 cm³/mol. The number of thioether (sulfide) groups is 1. The lowest BCUT2D eigenvalue weighted by atomic mass is 10.2. The van der Waals surface area contributed by atoms with Crippen molar-refractivity contribution >= 4 is 35.4 Å². The van der Waals surface area contributed by atoms with E-state index in [9.17, 15) is 14.3 Å². The van der Waals surface area contributed by atoms with Crippen molar-refractivity contribution in [2.24, 2.45) is 0 Å². The molecule has 0 radical (unpaired) electrons. The maximum atomic E-state index is 13.0. The molecule has 144 valence electrons. The van der Waals surface area contributed by atoms with Gasteiger partial charge >= 0.3 is 5.97 Å². The molecule has 0 fully saturated rings. The van der Waals surface area contributed by atoms with Crippen molar-refractivity contribution in [2.45, 2.75) is 18.8 Å². The van der Waals surface area contributed by atoms with Crippen LogP contribution in [0.2, 0.25) is 5.02 Å². The van der Waals surface area contributed by atoms with Crippen LogP contribution < -0.4 is 4.74 Å². The molecule has 28 heavy (non-hydrogen) atoms. The van der Waals surface area contributed by atoms with E-state index in [1.807, 2.05) is 0 Å². The van der Waals surface area contributed by atoms with Crippen molar-refractivity contribution in [1.82, 2.24) is 10.2 Å². The number of carboxylic acid groups (broad SMARTS) is 1. The zero-order chi connectivity index (χ0) is 20.1. The van der Waals surface area contributed by atoms with E-state index in [4.69, 9.17) is 20.8 Å². The summed E-state index contributed by atoms with van der Waals surface area (Å²) in [5, 5.41) is 17.5. The standard InChI is InChI=1S/C19H14ClFN2O4S/c1-11-22-23-19(27-11)28-17(18(24)25)9-13-8-14(20)4-7-16(13)26-10-12-2-5-15(21)6-3-12/h2-9H,10H2,1H3,(H,24,25)/b17-9-. The summed E-state index contributed by atoms with van der Waals surface area (Å²) in [5.74, 6) is -0.739. The van der Waals surface area contributed by atoms with Gasteiger partial charge in [-0.15, -0.1) is 10.2 Å². The minimum atomic E-state index is -1.16. The Hall–Kier alpha value is -2.84. The Balaban J connectivity index is 1.86. The smallest absolute Gasteiger partial charge is 0.342 e. The SMILES string of the molecule is Cc1nnc(S/C(=C\c2cc(Cl)ccc2OCc2ccc(F)cc2)C(=O)O)o1. The molecule has 0 atom stereocenters. The fourth-order valence-electron chi connectivity index (χ4n) is 2.20. The van der Waals surface area contributed by atoms with Gasteiger partial charge in [0.1, 0.15) is 23.1 Å². The zero-order valence-corrected chi connectivity index (χ0v) is 16.1. The van der Waals surface area contributed by atoms with Gasteiger partial charge in [-0.3, -0.25) is 0 Å². The van der Waals surface area contributed by atoms with Crippen molar-refractivity contribution in [3.63, 3.8) is 0 Å². The van der Waals surface area contributed by atoms with Gasteiger partial charge in [0.05, 0.1) is 0 Å². The van der Waals surface area contributed by atoms with Crippen LogP contribution in [0.15, 0.2) is 57.0 Å². The van der Waals surface area contributed by atoms with Gasteiger partial charge in [0, 0.05) is 17.5 Å². The Bertz CT molecular complexity index is 1020. The van der Waals surface area contributed by atoms with Crippen molar-refractivity contribution in [2.75, 3.05) is 0 Å². The summed E-state index contributed by atoms with van der Waals surface area (Å²) in [7, 11) is 0. The van der Waals surface area contributed by atoms with Crippen molar-refractivity contribution in [3.05, 3.63) is 75.2 Å². The summed E-state index contributed by atoms with van der Waals surface area (Å²) in [4.78, 5) is 11.6. The molecule has 2 aromatic carbocycles. The molecular weight excluding hydrogens is 407 g/mol. The summed E-state index contributed by atoms with van der Waals surface area (Å²) >= 11 is 6.88. The summed E-state index contributed by atoms with van der Waals surface area (Å²) < 4.78 is 24.0. The van der Waals surface area contributed by atoms with Gasteiger partial charge in [-0.2, -0.15) is 0 Å². The molecule has 0 aliphatic rings. The number of carbonyl (C=O) groups is 1. The Morgan fingerprint density at radius 3 is 2.68 bits per heavy atom. The van der Waals surface area contributed by atoms with Gasteiger partial charge in [-0.25, -0.2) is 9.18 Å². The molecule has 0 saturated heterocycles. The topological polar surface area (TPSA) is 85.5 Å². The van der Waals surface area contributed by atoms with E-state index in [-0.39, 0.29) is 22.6 Å². The number of aromatic nitrogens is 2. The molecule has 3 rings (SSSR count). The largest absolute Gasteiger partial charge is 0.488 e. The van der Waals surface area contributed by atoms with Crippen LogP contribution in [0, 0.1) is 12.7 Å².